The first-order valence-corrected chi connectivity index (χ1v) is 6.99. The number of carbonyl (C=O) groups is 1. The molecule has 0 bridgehead atoms. The second-order valence-electron chi connectivity index (χ2n) is 6.66. The van der Waals surface area contributed by atoms with Gasteiger partial charge in [0.25, 0.3) is 0 Å². The van der Waals surface area contributed by atoms with Crippen molar-refractivity contribution in [2.75, 3.05) is 19.6 Å². The Morgan fingerprint density at radius 3 is 2.56 bits per heavy atom. The molecule has 18 heavy (non-hydrogen) atoms. The minimum atomic E-state index is -0.596. The lowest BCUT2D eigenvalue weighted by molar-refractivity contribution is -0.124. The third-order valence-corrected chi connectivity index (χ3v) is 4.14. The summed E-state index contributed by atoms with van der Waals surface area (Å²) in [6, 6.07) is 0.378. The van der Waals surface area contributed by atoms with Gasteiger partial charge in [-0.05, 0) is 45.2 Å². The molecule has 0 aromatic carbocycles. The van der Waals surface area contributed by atoms with E-state index in [4.69, 9.17) is 5.73 Å². The van der Waals surface area contributed by atoms with Crippen LogP contribution in [0.1, 0.15) is 47.5 Å². The van der Waals surface area contributed by atoms with Gasteiger partial charge >= 0.3 is 0 Å². The summed E-state index contributed by atoms with van der Waals surface area (Å²) in [6.45, 7) is 13.7. The quantitative estimate of drug-likeness (QED) is 0.753. The van der Waals surface area contributed by atoms with Gasteiger partial charge in [-0.1, -0.05) is 20.8 Å². The number of amides is 1. The van der Waals surface area contributed by atoms with Gasteiger partial charge in [0.1, 0.15) is 0 Å². The Morgan fingerprint density at radius 1 is 1.56 bits per heavy atom. The molecule has 106 valence electrons. The topological polar surface area (TPSA) is 58.4 Å². The second-order valence-corrected chi connectivity index (χ2v) is 6.66. The molecule has 0 spiro atoms. The van der Waals surface area contributed by atoms with E-state index in [0.29, 0.717) is 11.5 Å². The molecule has 1 amide bonds. The first-order chi connectivity index (χ1) is 8.20. The Morgan fingerprint density at radius 2 is 2.17 bits per heavy atom. The van der Waals surface area contributed by atoms with E-state index in [1.165, 1.54) is 6.42 Å². The largest absolute Gasteiger partial charge is 0.368 e. The van der Waals surface area contributed by atoms with Crippen LogP contribution in [0.5, 0.6) is 0 Å². The molecule has 0 radical (unpaired) electrons. The van der Waals surface area contributed by atoms with Crippen LogP contribution in [-0.2, 0) is 4.79 Å². The number of rotatable bonds is 6. The van der Waals surface area contributed by atoms with Crippen LogP contribution in [0.15, 0.2) is 0 Å². The maximum absolute atomic E-state index is 11.6. The number of hydrogen-bond donors (Lipinski definition) is 2. The van der Waals surface area contributed by atoms with Crippen LogP contribution in [0.3, 0.4) is 0 Å². The van der Waals surface area contributed by atoms with Crippen LogP contribution in [0.25, 0.3) is 0 Å². The van der Waals surface area contributed by atoms with E-state index in [1.807, 2.05) is 13.8 Å². The smallest absolute Gasteiger partial charge is 0.237 e. The van der Waals surface area contributed by atoms with Crippen LogP contribution in [-0.4, -0.2) is 42.0 Å². The van der Waals surface area contributed by atoms with E-state index in [2.05, 4.69) is 31.0 Å². The van der Waals surface area contributed by atoms with Gasteiger partial charge in [-0.25, -0.2) is 0 Å². The highest BCUT2D eigenvalue weighted by Crippen LogP contribution is 2.31. The van der Waals surface area contributed by atoms with Crippen molar-refractivity contribution in [3.8, 4) is 0 Å². The van der Waals surface area contributed by atoms with E-state index in [9.17, 15) is 4.79 Å². The second kappa shape index (κ2) is 5.57. The molecule has 3 N–H and O–H groups in total. The van der Waals surface area contributed by atoms with E-state index < -0.39 is 5.54 Å². The van der Waals surface area contributed by atoms with Crippen molar-refractivity contribution in [3.63, 3.8) is 0 Å². The highest BCUT2D eigenvalue weighted by molar-refractivity contribution is 5.84. The average molecular weight is 255 g/mol. The first kappa shape index (κ1) is 15.4. The fourth-order valence-corrected chi connectivity index (χ4v) is 2.90. The van der Waals surface area contributed by atoms with Crippen LogP contribution in [0.4, 0.5) is 0 Å². The summed E-state index contributed by atoms with van der Waals surface area (Å²) in [5.74, 6) is -0.255. The summed E-state index contributed by atoms with van der Waals surface area (Å²) in [5.41, 5.74) is 5.34. The van der Waals surface area contributed by atoms with Crippen molar-refractivity contribution in [1.29, 1.82) is 0 Å². The number of carbonyl (C=O) groups excluding carboxylic acids is 1. The van der Waals surface area contributed by atoms with E-state index in [-0.39, 0.29) is 5.91 Å². The van der Waals surface area contributed by atoms with Gasteiger partial charge in [0.05, 0.1) is 5.54 Å². The van der Waals surface area contributed by atoms with Crippen molar-refractivity contribution in [3.05, 3.63) is 0 Å². The lowest BCUT2D eigenvalue weighted by Crippen LogP contribution is -2.56. The van der Waals surface area contributed by atoms with E-state index in [0.717, 1.165) is 26.1 Å². The lowest BCUT2D eigenvalue weighted by Gasteiger charge is -2.34. The molecule has 2 atom stereocenters. The predicted octanol–water partition coefficient (Wildman–Crippen LogP) is 1.35. The van der Waals surface area contributed by atoms with Crippen molar-refractivity contribution >= 4 is 5.91 Å². The number of nitrogens with one attached hydrogen (secondary N) is 1. The third-order valence-electron chi connectivity index (χ3n) is 4.14. The summed E-state index contributed by atoms with van der Waals surface area (Å²) in [4.78, 5) is 14.1. The molecule has 0 aliphatic carbocycles. The van der Waals surface area contributed by atoms with Crippen molar-refractivity contribution in [1.82, 2.24) is 10.2 Å². The summed E-state index contributed by atoms with van der Waals surface area (Å²) in [5, 5.41) is 3.23. The number of likely N-dealkylation sites (N-methyl/N-ethyl adjacent to an activating group) is 1. The average Bonchev–Trinajstić information content (AvgIpc) is 2.59. The summed E-state index contributed by atoms with van der Waals surface area (Å²) >= 11 is 0. The zero-order valence-electron chi connectivity index (χ0n) is 12.5. The van der Waals surface area contributed by atoms with Gasteiger partial charge < -0.3 is 16.0 Å². The number of likely N-dealkylation sites (tertiary alicyclic amines) is 1. The Kier molecular flexibility index (Phi) is 4.78. The van der Waals surface area contributed by atoms with Gasteiger partial charge in [0.15, 0.2) is 0 Å². The minimum Gasteiger partial charge on any atom is -0.368 e. The Hall–Kier alpha value is -0.610. The highest BCUT2D eigenvalue weighted by atomic mass is 16.1. The zero-order valence-corrected chi connectivity index (χ0v) is 12.5. The van der Waals surface area contributed by atoms with Crippen LogP contribution >= 0.6 is 0 Å². The Balaban J connectivity index is 2.62. The maximum Gasteiger partial charge on any atom is 0.237 e. The van der Waals surface area contributed by atoms with E-state index >= 15 is 0 Å². The van der Waals surface area contributed by atoms with Crippen LogP contribution in [0.2, 0.25) is 0 Å². The monoisotopic (exact) mass is 255 g/mol. The standard InChI is InChI=1S/C14H29N3O/c1-6-16-14(5,12(15)18)9-11(2)17-8-7-13(3,4)10-17/h11,16H,6-10H2,1-5H3,(H2,15,18). The molecule has 1 fully saturated rings. The van der Waals surface area contributed by atoms with Gasteiger partial charge in [-0.3, -0.25) is 4.79 Å². The first-order valence-electron chi connectivity index (χ1n) is 6.99. The number of nitrogens with zero attached hydrogens (tertiary/aromatic N) is 1. The molecule has 0 aromatic rings. The number of nitrogens with two attached hydrogens (primary N) is 1. The van der Waals surface area contributed by atoms with Crippen LogP contribution < -0.4 is 11.1 Å². The number of hydrogen-bond acceptors (Lipinski definition) is 3. The van der Waals surface area contributed by atoms with Gasteiger partial charge in [-0.2, -0.15) is 0 Å². The molecule has 1 aliphatic heterocycles. The number of primary amides is 1. The van der Waals surface area contributed by atoms with Crippen molar-refractivity contribution < 1.29 is 4.79 Å². The Labute approximate surface area is 111 Å². The van der Waals surface area contributed by atoms with Gasteiger partial charge in [-0.15, -0.1) is 0 Å². The molecule has 2 unspecified atom stereocenters. The highest BCUT2D eigenvalue weighted by Gasteiger charge is 2.37. The summed E-state index contributed by atoms with van der Waals surface area (Å²) < 4.78 is 0. The zero-order chi connectivity index (χ0) is 14.0. The molecular weight excluding hydrogens is 226 g/mol. The molecule has 4 heteroatoms. The summed E-state index contributed by atoms with van der Waals surface area (Å²) in [6.07, 6.45) is 2.00. The maximum atomic E-state index is 11.6. The fraction of sp³-hybridized carbons (Fsp3) is 0.929. The summed E-state index contributed by atoms with van der Waals surface area (Å²) in [7, 11) is 0. The van der Waals surface area contributed by atoms with Crippen molar-refractivity contribution in [2.24, 2.45) is 11.1 Å². The molecule has 1 heterocycles. The molecule has 4 nitrogen and oxygen atoms in total. The third kappa shape index (κ3) is 3.69. The van der Waals surface area contributed by atoms with E-state index in [1.54, 1.807) is 0 Å². The fourth-order valence-electron chi connectivity index (χ4n) is 2.90. The predicted molar refractivity (Wildman–Crippen MR) is 75.3 cm³/mol. The van der Waals surface area contributed by atoms with Crippen LogP contribution in [0, 0.1) is 5.41 Å². The Bertz CT molecular complexity index is 303. The van der Waals surface area contributed by atoms with Crippen molar-refractivity contribution in [2.45, 2.75) is 59.0 Å². The molecule has 0 saturated carbocycles. The SMILES string of the molecule is CCNC(C)(CC(C)N1CCC(C)(C)C1)C(N)=O. The normalized spacial score (nSPS) is 24.7. The molecule has 1 aliphatic rings. The molecule has 0 aromatic heterocycles. The minimum absolute atomic E-state index is 0.255. The van der Waals surface area contributed by atoms with Gasteiger partial charge in [0, 0.05) is 12.6 Å². The molecular formula is C14H29N3O. The van der Waals surface area contributed by atoms with Gasteiger partial charge in [0.2, 0.25) is 5.91 Å². The molecule has 1 rings (SSSR count). The molecule has 1 saturated heterocycles. The lowest BCUT2D eigenvalue weighted by atomic mass is 9.91.